The van der Waals surface area contributed by atoms with Crippen molar-refractivity contribution in [2.45, 2.75) is 0 Å². The lowest BCUT2D eigenvalue weighted by molar-refractivity contribution is -0.118. The molecule has 0 atom stereocenters. The van der Waals surface area contributed by atoms with Crippen LogP contribution < -0.4 is 14.8 Å². The van der Waals surface area contributed by atoms with Crippen LogP contribution in [0, 0.1) is 0 Å². The summed E-state index contributed by atoms with van der Waals surface area (Å²) in [6, 6.07) is 11.9. The summed E-state index contributed by atoms with van der Waals surface area (Å²) in [4.78, 5) is 11.8. The molecule has 2 rings (SSSR count). The fourth-order valence-electron chi connectivity index (χ4n) is 1.70. The maximum Gasteiger partial charge on any atom is 0.262 e. The van der Waals surface area contributed by atoms with Crippen LogP contribution in [0.1, 0.15) is 0 Å². The molecule has 2 aromatic rings. The van der Waals surface area contributed by atoms with E-state index in [1.165, 1.54) is 7.11 Å². The van der Waals surface area contributed by atoms with Crippen LogP contribution in [-0.4, -0.2) is 19.6 Å². The number of para-hydroxylation sites is 2. The Kier molecular flexibility index (Phi) is 5.31. The normalized spacial score (nSPS) is 10.0. The summed E-state index contributed by atoms with van der Waals surface area (Å²) in [6.45, 7) is -0.148. The summed E-state index contributed by atoms with van der Waals surface area (Å²) in [5, 5.41) is 3.55. The van der Waals surface area contributed by atoms with Gasteiger partial charge in [-0.05, 0) is 30.3 Å². The van der Waals surface area contributed by atoms with Crippen molar-refractivity contribution in [1.82, 2.24) is 0 Å². The van der Waals surface area contributed by atoms with Crippen LogP contribution in [0.5, 0.6) is 11.5 Å². The maximum absolute atomic E-state index is 11.8. The zero-order valence-electron chi connectivity index (χ0n) is 11.2. The first-order chi connectivity index (χ1) is 10.1. The number of carbonyl (C=O) groups excluding carboxylic acids is 1. The van der Waals surface area contributed by atoms with Gasteiger partial charge in [-0.2, -0.15) is 0 Å². The van der Waals surface area contributed by atoms with Crippen molar-refractivity contribution in [3.63, 3.8) is 0 Å². The predicted octanol–water partition coefficient (Wildman–Crippen LogP) is 4.02. The van der Waals surface area contributed by atoms with Gasteiger partial charge in [0.15, 0.2) is 18.1 Å². The Morgan fingerprint density at radius 3 is 2.33 bits per heavy atom. The molecule has 0 aliphatic rings. The zero-order chi connectivity index (χ0) is 15.2. The molecule has 0 aliphatic carbocycles. The summed E-state index contributed by atoms with van der Waals surface area (Å²) < 4.78 is 10.6. The monoisotopic (exact) mass is 325 g/mol. The van der Waals surface area contributed by atoms with E-state index in [2.05, 4.69) is 5.32 Å². The van der Waals surface area contributed by atoms with E-state index in [1.54, 1.807) is 36.4 Å². The van der Waals surface area contributed by atoms with Crippen LogP contribution in [0.15, 0.2) is 42.5 Å². The quantitative estimate of drug-likeness (QED) is 0.903. The van der Waals surface area contributed by atoms with Crippen LogP contribution in [-0.2, 0) is 4.79 Å². The summed E-state index contributed by atoms with van der Waals surface area (Å²) in [5.74, 6) is 0.745. The molecule has 0 saturated carbocycles. The molecule has 0 saturated heterocycles. The van der Waals surface area contributed by atoms with Gasteiger partial charge in [0.1, 0.15) is 0 Å². The van der Waals surface area contributed by atoms with Gasteiger partial charge < -0.3 is 14.8 Å². The average molecular weight is 326 g/mol. The number of anilines is 1. The van der Waals surface area contributed by atoms with Gasteiger partial charge in [-0.3, -0.25) is 4.79 Å². The Morgan fingerprint density at radius 1 is 1.10 bits per heavy atom. The molecule has 6 heteroatoms. The molecule has 1 N–H and O–H groups in total. The minimum Gasteiger partial charge on any atom is -0.493 e. The van der Waals surface area contributed by atoms with E-state index < -0.39 is 0 Å². The van der Waals surface area contributed by atoms with Gasteiger partial charge in [-0.15, -0.1) is 0 Å². The molecular weight excluding hydrogens is 313 g/mol. The summed E-state index contributed by atoms with van der Waals surface area (Å²) in [7, 11) is 1.54. The Labute approximate surface area is 132 Å². The van der Waals surface area contributed by atoms with Crippen molar-refractivity contribution >= 4 is 34.8 Å². The SMILES string of the molecule is COc1ccccc1OCC(=O)Nc1cc(Cl)cc(Cl)c1. The van der Waals surface area contributed by atoms with Gasteiger partial charge in [-0.1, -0.05) is 35.3 Å². The van der Waals surface area contributed by atoms with Gasteiger partial charge in [-0.25, -0.2) is 0 Å². The number of carbonyl (C=O) groups is 1. The number of amides is 1. The van der Waals surface area contributed by atoms with Crippen LogP contribution in [0.4, 0.5) is 5.69 Å². The minimum atomic E-state index is -0.320. The second-order valence-corrected chi connectivity index (χ2v) is 5.02. The third-order valence-electron chi connectivity index (χ3n) is 2.57. The minimum absolute atomic E-state index is 0.148. The summed E-state index contributed by atoms with van der Waals surface area (Å²) >= 11 is 11.7. The van der Waals surface area contributed by atoms with Gasteiger partial charge in [0.05, 0.1) is 7.11 Å². The first-order valence-electron chi connectivity index (χ1n) is 6.10. The molecular formula is C15H13Cl2NO3. The molecule has 0 unspecified atom stereocenters. The van der Waals surface area contributed by atoms with Gasteiger partial charge >= 0.3 is 0 Å². The van der Waals surface area contributed by atoms with Crippen molar-refractivity contribution < 1.29 is 14.3 Å². The molecule has 0 bridgehead atoms. The highest BCUT2D eigenvalue weighted by Gasteiger charge is 2.08. The number of nitrogens with one attached hydrogen (secondary N) is 1. The van der Waals surface area contributed by atoms with Gasteiger partial charge in [0, 0.05) is 15.7 Å². The number of hydrogen-bond donors (Lipinski definition) is 1. The molecule has 4 nitrogen and oxygen atoms in total. The van der Waals surface area contributed by atoms with Crippen LogP contribution in [0.3, 0.4) is 0 Å². The predicted molar refractivity (Wildman–Crippen MR) is 83.6 cm³/mol. The Morgan fingerprint density at radius 2 is 1.71 bits per heavy atom. The number of benzene rings is 2. The zero-order valence-corrected chi connectivity index (χ0v) is 12.7. The van der Waals surface area contributed by atoms with Crippen molar-refractivity contribution in [1.29, 1.82) is 0 Å². The topological polar surface area (TPSA) is 47.6 Å². The number of ether oxygens (including phenoxy) is 2. The number of rotatable bonds is 5. The van der Waals surface area contributed by atoms with E-state index in [0.717, 1.165) is 0 Å². The second-order valence-electron chi connectivity index (χ2n) is 4.15. The molecule has 0 aromatic heterocycles. The first kappa shape index (κ1) is 15.5. The smallest absolute Gasteiger partial charge is 0.262 e. The number of halogens is 2. The largest absolute Gasteiger partial charge is 0.493 e. The lowest BCUT2D eigenvalue weighted by atomic mass is 10.3. The molecule has 1 amide bonds. The van der Waals surface area contributed by atoms with E-state index in [4.69, 9.17) is 32.7 Å². The van der Waals surface area contributed by atoms with Crippen molar-refractivity contribution in [2.24, 2.45) is 0 Å². The third kappa shape index (κ3) is 4.55. The highest BCUT2D eigenvalue weighted by atomic mass is 35.5. The Balaban J connectivity index is 1.96. The Bertz CT molecular complexity index is 626. The van der Waals surface area contributed by atoms with Crippen molar-refractivity contribution in [3.8, 4) is 11.5 Å². The first-order valence-corrected chi connectivity index (χ1v) is 6.86. The summed E-state index contributed by atoms with van der Waals surface area (Å²) in [5.41, 5.74) is 0.515. The molecule has 0 aliphatic heterocycles. The second kappa shape index (κ2) is 7.20. The Hall–Kier alpha value is -1.91. The third-order valence-corrected chi connectivity index (χ3v) is 3.01. The number of methoxy groups -OCH3 is 1. The highest BCUT2D eigenvalue weighted by molar-refractivity contribution is 6.35. The maximum atomic E-state index is 11.8. The molecule has 2 aromatic carbocycles. The van der Waals surface area contributed by atoms with E-state index >= 15 is 0 Å². The van der Waals surface area contributed by atoms with Crippen LogP contribution in [0.25, 0.3) is 0 Å². The summed E-state index contributed by atoms with van der Waals surface area (Å²) in [6.07, 6.45) is 0. The van der Waals surface area contributed by atoms with Crippen molar-refractivity contribution in [2.75, 3.05) is 19.0 Å². The van der Waals surface area contributed by atoms with Crippen LogP contribution >= 0.6 is 23.2 Å². The molecule has 0 spiro atoms. The van der Waals surface area contributed by atoms with Gasteiger partial charge in [0.25, 0.3) is 5.91 Å². The fraction of sp³-hybridized carbons (Fsp3) is 0.133. The van der Waals surface area contributed by atoms with E-state index in [9.17, 15) is 4.79 Å². The van der Waals surface area contributed by atoms with E-state index in [-0.39, 0.29) is 12.5 Å². The standard InChI is InChI=1S/C15H13Cl2NO3/c1-20-13-4-2-3-5-14(13)21-9-15(19)18-12-7-10(16)6-11(17)8-12/h2-8H,9H2,1H3,(H,18,19). The van der Waals surface area contributed by atoms with Gasteiger partial charge in [0.2, 0.25) is 0 Å². The lowest BCUT2D eigenvalue weighted by Gasteiger charge is -2.10. The lowest BCUT2D eigenvalue weighted by Crippen LogP contribution is -2.20. The van der Waals surface area contributed by atoms with Crippen LogP contribution in [0.2, 0.25) is 10.0 Å². The average Bonchev–Trinajstić information content (AvgIpc) is 2.44. The molecule has 0 radical (unpaired) electrons. The molecule has 21 heavy (non-hydrogen) atoms. The number of hydrogen-bond acceptors (Lipinski definition) is 3. The van der Waals surface area contributed by atoms with E-state index in [1.807, 2.05) is 6.07 Å². The molecule has 0 fully saturated rings. The molecule has 110 valence electrons. The fourth-order valence-corrected chi connectivity index (χ4v) is 2.23. The van der Waals surface area contributed by atoms with Crippen molar-refractivity contribution in [3.05, 3.63) is 52.5 Å². The highest BCUT2D eigenvalue weighted by Crippen LogP contribution is 2.26. The van der Waals surface area contributed by atoms with E-state index in [0.29, 0.717) is 27.2 Å². The molecule has 0 heterocycles.